The number of esters is 1. The van der Waals surface area contributed by atoms with E-state index in [0.29, 0.717) is 17.3 Å². The number of aryl methyl sites for hydroxylation is 2. The third-order valence-electron chi connectivity index (χ3n) is 3.27. The molecule has 120 valence electrons. The van der Waals surface area contributed by atoms with Gasteiger partial charge in [0, 0.05) is 11.4 Å². The number of hydrogen-bond donors (Lipinski definition) is 2. The van der Waals surface area contributed by atoms with Gasteiger partial charge in [0.25, 0.3) is 0 Å². The minimum atomic E-state index is -0.343. The van der Waals surface area contributed by atoms with Crippen LogP contribution in [0, 0.1) is 13.8 Å². The Labute approximate surface area is 141 Å². The molecule has 0 aromatic heterocycles. The molecule has 0 bridgehead atoms. The maximum absolute atomic E-state index is 11.8. The van der Waals surface area contributed by atoms with Crippen molar-refractivity contribution in [1.82, 2.24) is 0 Å². The first kappa shape index (κ1) is 17.0. The summed E-state index contributed by atoms with van der Waals surface area (Å²) in [6.45, 7) is 6.18. The molecular formula is C18H20N2O2S. The molecule has 0 amide bonds. The zero-order chi connectivity index (χ0) is 16.8. The maximum Gasteiger partial charge on any atom is 0.338 e. The second-order valence-electron chi connectivity index (χ2n) is 5.20. The molecule has 0 fully saturated rings. The van der Waals surface area contributed by atoms with Crippen LogP contribution in [0.2, 0.25) is 0 Å². The number of thiocarbonyl (C=S) groups is 1. The number of nitrogens with one attached hydrogen (secondary N) is 2. The highest BCUT2D eigenvalue weighted by Crippen LogP contribution is 2.17. The van der Waals surface area contributed by atoms with Crippen molar-refractivity contribution in [2.24, 2.45) is 0 Å². The SMILES string of the molecule is CCOC(=O)c1cccc(NC(=S)Nc2cc(C)ccc2C)c1. The Hall–Kier alpha value is -2.40. The van der Waals surface area contributed by atoms with Gasteiger partial charge in [0.15, 0.2) is 5.11 Å². The fourth-order valence-corrected chi connectivity index (χ4v) is 2.32. The largest absolute Gasteiger partial charge is 0.462 e. The first-order chi connectivity index (χ1) is 11.0. The van der Waals surface area contributed by atoms with Crippen molar-refractivity contribution < 1.29 is 9.53 Å². The highest BCUT2D eigenvalue weighted by Gasteiger charge is 2.08. The Morgan fingerprint density at radius 2 is 1.91 bits per heavy atom. The molecule has 0 radical (unpaired) electrons. The number of rotatable bonds is 4. The lowest BCUT2D eigenvalue weighted by atomic mass is 10.1. The summed E-state index contributed by atoms with van der Waals surface area (Å²) < 4.78 is 5.00. The molecule has 23 heavy (non-hydrogen) atoms. The lowest BCUT2D eigenvalue weighted by molar-refractivity contribution is 0.0526. The Kier molecular flexibility index (Phi) is 5.71. The minimum absolute atomic E-state index is 0.343. The van der Waals surface area contributed by atoms with Crippen LogP contribution in [-0.2, 0) is 4.74 Å². The standard InChI is InChI=1S/C18H20N2O2S/c1-4-22-17(21)14-6-5-7-15(11-14)19-18(23)20-16-10-12(2)8-9-13(16)3/h5-11H,4H2,1-3H3,(H2,19,20,23). The van der Waals surface area contributed by atoms with Crippen LogP contribution in [0.15, 0.2) is 42.5 Å². The lowest BCUT2D eigenvalue weighted by Crippen LogP contribution is -2.20. The molecule has 2 aromatic carbocycles. The molecule has 0 aliphatic rings. The van der Waals surface area contributed by atoms with Crippen molar-refractivity contribution >= 4 is 34.7 Å². The first-order valence-corrected chi connectivity index (χ1v) is 7.83. The summed E-state index contributed by atoms with van der Waals surface area (Å²) in [5, 5.41) is 6.74. The molecule has 0 saturated heterocycles. The molecule has 0 aliphatic carbocycles. The van der Waals surface area contributed by atoms with Gasteiger partial charge in [-0.1, -0.05) is 18.2 Å². The quantitative estimate of drug-likeness (QED) is 0.648. The minimum Gasteiger partial charge on any atom is -0.462 e. The van der Waals surface area contributed by atoms with Gasteiger partial charge in [0.05, 0.1) is 12.2 Å². The predicted octanol–water partition coefficient (Wildman–Crippen LogP) is 4.29. The number of carbonyl (C=O) groups is 1. The van der Waals surface area contributed by atoms with Gasteiger partial charge in [0.1, 0.15) is 0 Å². The highest BCUT2D eigenvalue weighted by molar-refractivity contribution is 7.80. The molecule has 0 saturated carbocycles. The molecule has 2 rings (SSSR count). The molecular weight excluding hydrogens is 308 g/mol. The molecule has 5 heteroatoms. The molecule has 4 nitrogen and oxygen atoms in total. The van der Waals surface area contributed by atoms with Crippen LogP contribution in [0.1, 0.15) is 28.4 Å². The zero-order valence-corrected chi connectivity index (χ0v) is 14.3. The summed E-state index contributed by atoms with van der Waals surface area (Å²) in [6.07, 6.45) is 0. The van der Waals surface area contributed by atoms with E-state index in [4.69, 9.17) is 17.0 Å². The molecule has 0 atom stereocenters. The zero-order valence-electron chi connectivity index (χ0n) is 13.5. The Bertz CT molecular complexity index is 729. The fourth-order valence-electron chi connectivity index (χ4n) is 2.09. The molecule has 0 unspecified atom stereocenters. The van der Waals surface area contributed by atoms with E-state index in [9.17, 15) is 4.79 Å². The van der Waals surface area contributed by atoms with Gasteiger partial charge in [-0.2, -0.15) is 0 Å². The number of carbonyl (C=O) groups excluding carboxylic acids is 1. The van der Waals surface area contributed by atoms with E-state index < -0.39 is 0 Å². The highest BCUT2D eigenvalue weighted by atomic mass is 32.1. The summed E-state index contributed by atoms with van der Waals surface area (Å²) in [5.74, 6) is -0.343. The summed E-state index contributed by atoms with van der Waals surface area (Å²) in [5.41, 5.74) is 4.46. The van der Waals surface area contributed by atoms with Crippen molar-refractivity contribution in [2.75, 3.05) is 17.2 Å². The Morgan fingerprint density at radius 1 is 1.13 bits per heavy atom. The molecule has 0 aliphatic heterocycles. The van der Waals surface area contributed by atoms with E-state index in [1.165, 1.54) is 0 Å². The Balaban J connectivity index is 2.07. The van der Waals surface area contributed by atoms with Crippen LogP contribution in [0.3, 0.4) is 0 Å². The fraction of sp³-hybridized carbons (Fsp3) is 0.222. The van der Waals surface area contributed by atoms with Crippen LogP contribution in [-0.4, -0.2) is 17.7 Å². The number of benzene rings is 2. The second-order valence-corrected chi connectivity index (χ2v) is 5.61. The van der Waals surface area contributed by atoms with Gasteiger partial charge < -0.3 is 15.4 Å². The van der Waals surface area contributed by atoms with Crippen molar-refractivity contribution in [2.45, 2.75) is 20.8 Å². The number of anilines is 2. The van der Waals surface area contributed by atoms with Gasteiger partial charge in [-0.15, -0.1) is 0 Å². The average molecular weight is 328 g/mol. The topological polar surface area (TPSA) is 50.4 Å². The summed E-state index contributed by atoms with van der Waals surface area (Å²) in [4.78, 5) is 11.8. The number of hydrogen-bond acceptors (Lipinski definition) is 3. The van der Waals surface area contributed by atoms with Crippen molar-refractivity contribution in [3.8, 4) is 0 Å². The van der Waals surface area contributed by atoms with E-state index in [1.54, 1.807) is 25.1 Å². The summed E-state index contributed by atoms with van der Waals surface area (Å²) >= 11 is 5.34. The normalized spacial score (nSPS) is 10.0. The van der Waals surface area contributed by atoms with Crippen LogP contribution < -0.4 is 10.6 Å². The Morgan fingerprint density at radius 3 is 2.65 bits per heavy atom. The van der Waals surface area contributed by atoms with Gasteiger partial charge in [0.2, 0.25) is 0 Å². The van der Waals surface area contributed by atoms with Gasteiger partial charge in [-0.3, -0.25) is 0 Å². The van der Waals surface area contributed by atoms with Gasteiger partial charge >= 0.3 is 5.97 Å². The third kappa shape index (κ3) is 4.79. The van der Waals surface area contributed by atoms with Crippen LogP contribution in [0.25, 0.3) is 0 Å². The van der Waals surface area contributed by atoms with E-state index in [2.05, 4.69) is 16.7 Å². The second kappa shape index (κ2) is 7.74. The van der Waals surface area contributed by atoms with Crippen LogP contribution in [0.5, 0.6) is 0 Å². The lowest BCUT2D eigenvalue weighted by Gasteiger charge is -2.13. The van der Waals surface area contributed by atoms with Crippen molar-refractivity contribution in [3.63, 3.8) is 0 Å². The maximum atomic E-state index is 11.8. The monoisotopic (exact) mass is 328 g/mol. The van der Waals surface area contributed by atoms with Crippen molar-refractivity contribution in [1.29, 1.82) is 0 Å². The van der Waals surface area contributed by atoms with E-state index in [-0.39, 0.29) is 5.97 Å². The van der Waals surface area contributed by atoms with E-state index >= 15 is 0 Å². The molecule has 2 aromatic rings. The van der Waals surface area contributed by atoms with Crippen molar-refractivity contribution in [3.05, 3.63) is 59.2 Å². The molecule has 0 heterocycles. The van der Waals surface area contributed by atoms with Crippen LogP contribution >= 0.6 is 12.2 Å². The predicted molar refractivity (Wildman–Crippen MR) is 98.2 cm³/mol. The van der Waals surface area contributed by atoms with E-state index in [1.807, 2.05) is 32.0 Å². The smallest absolute Gasteiger partial charge is 0.338 e. The average Bonchev–Trinajstić information content (AvgIpc) is 2.51. The van der Waals surface area contributed by atoms with E-state index in [0.717, 1.165) is 22.5 Å². The molecule has 0 spiro atoms. The molecule has 2 N–H and O–H groups in total. The van der Waals surface area contributed by atoms with Gasteiger partial charge in [-0.05, 0) is 68.4 Å². The third-order valence-corrected chi connectivity index (χ3v) is 3.48. The summed E-state index contributed by atoms with van der Waals surface area (Å²) in [6, 6.07) is 13.2. The van der Waals surface area contributed by atoms with Gasteiger partial charge in [-0.25, -0.2) is 4.79 Å². The first-order valence-electron chi connectivity index (χ1n) is 7.42. The summed E-state index contributed by atoms with van der Waals surface area (Å²) in [7, 11) is 0. The number of ether oxygens (including phenoxy) is 1. The van der Waals surface area contributed by atoms with Crippen LogP contribution in [0.4, 0.5) is 11.4 Å².